The summed E-state index contributed by atoms with van der Waals surface area (Å²) >= 11 is 5.84. The molecule has 0 saturated carbocycles. The van der Waals surface area contributed by atoms with Gasteiger partial charge in [0.1, 0.15) is 0 Å². The van der Waals surface area contributed by atoms with E-state index in [4.69, 9.17) is 11.6 Å². The molecule has 0 spiro atoms. The Labute approximate surface area is 112 Å². The zero-order valence-corrected chi connectivity index (χ0v) is 11.1. The Hall–Kier alpha value is -1.38. The smallest absolute Gasteiger partial charge is 0.0700 e. The third-order valence-electron chi connectivity index (χ3n) is 2.83. The quantitative estimate of drug-likeness (QED) is 0.916. The van der Waals surface area contributed by atoms with Crippen LogP contribution in [0.5, 0.6) is 0 Å². The standard InChI is InChI=1S/C15H16ClNO/c1-15(18,11-13-6-8-17-9-7-13)10-12-2-4-14(16)5-3-12/h2-9,18H,10-11H2,1H3. The first kappa shape index (κ1) is 13.1. The summed E-state index contributed by atoms with van der Waals surface area (Å²) in [6, 6.07) is 11.4. The topological polar surface area (TPSA) is 33.1 Å². The van der Waals surface area contributed by atoms with Crippen LogP contribution >= 0.6 is 11.6 Å². The number of aliphatic hydroxyl groups is 1. The van der Waals surface area contributed by atoms with Gasteiger partial charge in [-0.1, -0.05) is 23.7 Å². The van der Waals surface area contributed by atoms with Crippen LogP contribution in [-0.4, -0.2) is 15.7 Å². The molecule has 0 bridgehead atoms. The first-order valence-electron chi connectivity index (χ1n) is 5.91. The van der Waals surface area contributed by atoms with Crippen molar-refractivity contribution in [2.45, 2.75) is 25.4 Å². The number of nitrogens with zero attached hydrogens (tertiary/aromatic N) is 1. The Kier molecular flexibility index (Phi) is 4.00. The number of aromatic nitrogens is 1. The van der Waals surface area contributed by atoms with Gasteiger partial charge in [0.05, 0.1) is 5.60 Å². The second kappa shape index (κ2) is 5.51. The lowest BCUT2D eigenvalue weighted by Gasteiger charge is -2.23. The van der Waals surface area contributed by atoms with Gasteiger partial charge in [0, 0.05) is 30.3 Å². The molecule has 1 heterocycles. The molecule has 0 fully saturated rings. The monoisotopic (exact) mass is 261 g/mol. The predicted octanol–water partition coefficient (Wildman–Crippen LogP) is 3.27. The molecule has 2 nitrogen and oxygen atoms in total. The molecule has 0 aliphatic carbocycles. The van der Waals surface area contributed by atoms with Crippen LogP contribution in [0, 0.1) is 0 Å². The van der Waals surface area contributed by atoms with E-state index in [0.717, 1.165) is 11.1 Å². The summed E-state index contributed by atoms with van der Waals surface area (Å²) in [5, 5.41) is 11.2. The van der Waals surface area contributed by atoms with Crippen LogP contribution in [0.25, 0.3) is 0 Å². The number of rotatable bonds is 4. The molecule has 0 saturated heterocycles. The molecule has 1 N–H and O–H groups in total. The number of benzene rings is 1. The first-order chi connectivity index (χ1) is 8.55. The third kappa shape index (κ3) is 3.83. The molecule has 18 heavy (non-hydrogen) atoms. The number of halogens is 1. The minimum absolute atomic E-state index is 0.604. The van der Waals surface area contributed by atoms with Crippen LogP contribution in [0.3, 0.4) is 0 Å². The van der Waals surface area contributed by atoms with Gasteiger partial charge in [0.2, 0.25) is 0 Å². The largest absolute Gasteiger partial charge is 0.389 e. The molecule has 94 valence electrons. The van der Waals surface area contributed by atoms with E-state index in [1.165, 1.54) is 0 Å². The SMILES string of the molecule is CC(O)(Cc1ccncc1)Cc1ccc(Cl)cc1. The number of hydrogen-bond acceptors (Lipinski definition) is 2. The first-order valence-corrected chi connectivity index (χ1v) is 6.29. The van der Waals surface area contributed by atoms with E-state index < -0.39 is 5.60 Å². The zero-order valence-electron chi connectivity index (χ0n) is 10.3. The van der Waals surface area contributed by atoms with Gasteiger partial charge in [-0.15, -0.1) is 0 Å². The Balaban J connectivity index is 2.05. The highest BCUT2D eigenvalue weighted by atomic mass is 35.5. The van der Waals surface area contributed by atoms with Crippen LogP contribution in [0.2, 0.25) is 5.02 Å². The van der Waals surface area contributed by atoms with Crippen molar-refractivity contribution in [1.82, 2.24) is 4.98 Å². The lowest BCUT2D eigenvalue weighted by Crippen LogP contribution is -2.30. The molecule has 1 unspecified atom stereocenters. The fraction of sp³-hybridized carbons (Fsp3) is 0.267. The van der Waals surface area contributed by atoms with Crippen LogP contribution in [0.15, 0.2) is 48.8 Å². The summed E-state index contributed by atoms with van der Waals surface area (Å²) in [6.07, 6.45) is 4.70. The van der Waals surface area contributed by atoms with Crippen molar-refractivity contribution in [2.24, 2.45) is 0 Å². The van der Waals surface area contributed by atoms with E-state index in [1.54, 1.807) is 12.4 Å². The van der Waals surface area contributed by atoms with Gasteiger partial charge in [-0.05, 0) is 42.3 Å². The maximum atomic E-state index is 10.4. The van der Waals surface area contributed by atoms with Crippen molar-refractivity contribution in [3.05, 3.63) is 64.9 Å². The molecule has 1 aromatic carbocycles. The Morgan fingerprint density at radius 2 is 1.50 bits per heavy atom. The van der Waals surface area contributed by atoms with E-state index in [-0.39, 0.29) is 0 Å². The van der Waals surface area contributed by atoms with Crippen molar-refractivity contribution in [3.63, 3.8) is 0 Å². The van der Waals surface area contributed by atoms with Crippen LogP contribution in [0.1, 0.15) is 18.1 Å². The molecule has 1 atom stereocenters. The lowest BCUT2D eigenvalue weighted by molar-refractivity contribution is 0.0608. The summed E-state index contributed by atoms with van der Waals surface area (Å²) in [7, 11) is 0. The highest BCUT2D eigenvalue weighted by Gasteiger charge is 2.21. The van der Waals surface area contributed by atoms with Crippen molar-refractivity contribution in [2.75, 3.05) is 0 Å². The van der Waals surface area contributed by atoms with Crippen molar-refractivity contribution < 1.29 is 5.11 Å². The van der Waals surface area contributed by atoms with E-state index in [9.17, 15) is 5.11 Å². The second-order valence-electron chi connectivity index (χ2n) is 4.83. The molecular weight excluding hydrogens is 246 g/mol. The molecule has 0 amide bonds. The second-order valence-corrected chi connectivity index (χ2v) is 5.27. The highest BCUT2D eigenvalue weighted by molar-refractivity contribution is 6.30. The minimum Gasteiger partial charge on any atom is -0.389 e. The fourth-order valence-electron chi connectivity index (χ4n) is 2.04. The van der Waals surface area contributed by atoms with Crippen LogP contribution in [-0.2, 0) is 12.8 Å². The van der Waals surface area contributed by atoms with Crippen LogP contribution < -0.4 is 0 Å². The maximum Gasteiger partial charge on any atom is 0.0700 e. The molecule has 2 aromatic rings. The molecule has 1 aromatic heterocycles. The van der Waals surface area contributed by atoms with Crippen molar-refractivity contribution in [1.29, 1.82) is 0 Å². The summed E-state index contributed by atoms with van der Waals surface area (Å²) in [5.41, 5.74) is 1.40. The summed E-state index contributed by atoms with van der Waals surface area (Å²) in [6.45, 7) is 1.85. The van der Waals surface area contributed by atoms with Gasteiger partial charge >= 0.3 is 0 Å². The summed E-state index contributed by atoms with van der Waals surface area (Å²) in [4.78, 5) is 3.97. The van der Waals surface area contributed by atoms with Gasteiger partial charge < -0.3 is 5.11 Å². The lowest BCUT2D eigenvalue weighted by atomic mass is 9.90. The van der Waals surface area contributed by atoms with Crippen molar-refractivity contribution in [3.8, 4) is 0 Å². The number of hydrogen-bond donors (Lipinski definition) is 1. The molecule has 3 heteroatoms. The predicted molar refractivity (Wildman–Crippen MR) is 73.7 cm³/mol. The van der Waals surface area contributed by atoms with Gasteiger partial charge in [0.25, 0.3) is 0 Å². The maximum absolute atomic E-state index is 10.4. The zero-order chi connectivity index (χ0) is 13.0. The number of pyridine rings is 1. The summed E-state index contributed by atoms with van der Waals surface area (Å²) < 4.78 is 0. The Bertz CT molecular complexity index is 494. The average molecular weight is 262 g/mol. The van der Waals surface area contributed by atoms with Crippen LogP contribution in [0.4, 0.5) is 0 Å². The minimum atomic E-state index is -0.769. The molecule has 0 radical (unpaired) electrons. The van der Waals surface area contributed by atoms with E-state index in [2.05, 4.69) is 4.98 Å². The Morgan fingerprint density at radius 3 is 2.06 bits per heavy atom. The normalized spacial score (nSPS) is 14.2. The highest BCUT2D eigenvalue weighted by Crippen LogP contribution is 2.19. The van der Waals surface area contributed by atoms with Gasteiger partial charge in [-0.3, -0.25) is 4.98 Å². The van der Waals surface area contributed by atoms with Gasteiger partial charge in [0.15, 0.2) is 0 Å². The molecule has 0 aliphatic rings. The molecule has 2 rings (SSSR count). The third-order valence-corrected chi connectivity index (χ3v) is 3.08. The van der Waals surface area contributed by atoms with E-state index in [1.807, 2.05) is 43.3 Å². The van der Waals surface area contributed by atoms with Gasteiger partial charge in [-0.2, -0.15) is 0 Å². The van der Waals surface area contributed by atoms with Gasteiger partial charge in [-0.25, -0.2) is 0 Å². The molecular formula is C15H16ClNO. The van der Waals surface area contributed by atoms with Crippen molar-refractivity contribution >= 4 is 11.6 Å². The average Bonchev–Trinajstić information content (AvgIpc) is 2.32. The molecule has 0 aliphatic heterocycles. The van der Waals surface area contributed by atoms with E-state index >= 15 is 0 Å². The summed E-state index contributed by atoms with van der Waals surface area (Å²) in [5.74, 6) is 0. The van der Waals surface area contributed by atoms with E-state index in [0.29, 0.717) is 17.9 Å². The Morgan fingerprint density at radius 1 is 1.00 bits per heavy atom. The fourth-order valence-corrected chi connectivity index (χ4v) is 2.17.